The SMILES string of the molecule is CCOC(=O)c1ccccc1N=Nc1cc(S(=O)(=O)O)c(N)c(N=Nc2cc(S(=O)(=O)CCO)ccc2C=O)c1N. The fourth-order valence-electron chi connectivity index (χ4n) is 3.36. The average molecular weight is 605 g/mol. The molecule has 3 aromatic rings. The molecule has 0 aliphatic rings. The molecule has 0 unspecified atom stereocenters. The minimum Gasteiger partial charge on any atom is -0.462 e. The van der Waals surface area contributed by atoms with Crippen molar-refractivity contribution in [3.05, 3.63) is 59.7 Å². The van der Waals surface area contributed by atoms with Gasteiger partial charge >= 0.3 is 5.97 Å². The van der Waals surface area contributed by atoms with Crippen LogP contribution in [-0.4, -0.2) is 57.7 Å². The summed E-state index contributed by atoms with van der Waals surface area (Å²) in [6, 6.07) is 10.1. The fraction of sp³-hybridized carbons (Fsp3) is 0.167. The van der Waals surface area contributed by atoms with Gasteiger partial charge in [-0.25, -0.2) is 13.2 Å². The Bertz CT molecular complexity index is 1770. The van der Waals surface area contributed by atoms with Crippen LogP contribution in [0.3, 0.4) is 0 Å². The molecule has 216 valence electrons. The number of aliphatic hydroxyl groups excluding tert-OH is 1. The minimum absolute atomic E-state index is 0.0512. The Balaban J connectivity index is 2.18. The number of nitrogens with two attached hydrogens (primary N) is 2. The predicted molar refractivity (Wildman–Crippen MR) is 147 cm³/mol. The molecule has 0 aliphatic heterocycles. The smallest absolute Gasteiger partial charge is 0.340 e. The normalized spacial score (nSPS) is 12.2. The third-order valence-corrected chi connectivity index (χ3v) is 7.95. The fourth-order valence-corrected chi connectivity index (χ4v) is 5.04. The number of carbonyl (C=O) groups excluding carboxylic acids is 2. The second-order valence-electron chi connectivity index (χ2n) is 8.06. The van der Waals surface area contributed by atoms with Crippen molar-refractivity contribution in [2.45, 2.75) is 16.7 Å². The number of azo groups is 2. The molecule has 0 fully saturated rings. The van der Waals surface area contributed by atoms with E-state index in [1.807, 2.05) is 0 Å². The van der Waals surface area contributed by atoms with Gasteiger partial charge in [-0.05, 0) is 43.3 Å². The van der Waals surface area contributed by atoms with E-state index in [1.54, 1.807) is 19.1 Å². The van der Waals surface area contributed by atoms with E-state index >= 15 is 0 Å². The number of sulfone groups is 1. The Hall–Kier alpha value is -4.58. The molecule has 41 heavy (non-hydrogen) atoms. The van der Waals surface area contributed by atoms with Gasteiger partial charge in [-0.1, -0.05) is 12.1 Å². The Labute approximate surface area is 234 Å². The summed E-state index contributed by atoms with van der Waals surface area (Å²) in [5.74, 6) is -1.27. The van der Waals surface area contributed by atoms with Gasteiger partial charge in [-0.3, -0.25) is 9.35 Å². The van der Waals surface area contributed by atoms with Crippen LogP contribution in [0.2, 0.25) is 0 Å². The van der Waals surface area contributed by atoms with E-state index in [0.29, 0.717) is 6.29 Å². The molecule has 17 heteroatoms. The molecule has 0 atom stereocenters. The Morgan fingerprint density at radius 2 is 1.59 bits per heavy atom. The lowest BCUT2D eigenvalue weighted by Gasteiger charge is -2.11. The first-order valence-electron chi connectivity index (χ1n) is 11.6. The molecule has 0 saturated carbocycles. The first-order chi connectivity index (χ1) is 19.3. The molecule has 0 aromatic heterocycles. The van der Waals surface area contributed by atoms with Crippen LogP contribution in [0.25, 0.3) is 0 Å². The van der Waals surface area contributed by atoms with E-state index in [2.05, 4.69) is 20.5 Å². The highest BCUT2D eigenvalue weighted by molar-refractivity contribution is 7.91. The lowest BCUT2D eigenvalue weighted by atomic mass is 10.2. The van der Waals surface area contributed by atoms with Crippen LogP contribution in [-0.2, 0) is 24.7 Å². The number of nitrogens with zero attached hydrogens (tertiary/aromatic N) is 4. The highest BCUT2D eigenvalue weighted by Gasteiger charge is 2.23. The lowest BCUT2D eigenvalue weighted by molar-refractivity contribution is 0.0527. The second-order valence-corrected chi connectivity index (χ2v) is 11.6. The van der Waals surface area contributed by atoms with E-state index in [-0.39, 0.29) is 45.4 Å². The number of nitrogen functional groups attached to an aromatic ring is 2. The molecule has 0 spiro atoms. The summed E-state index contributed by atoms with van der Waals surface area (Å²) in [6.45, 7) is 1.07. The van der Waals surface area contributed by atoms with E-state index in [9.17, 15) is 31.0 Å². The highest BCUT2D eigenvalue weighted by Crippen LogP contribution is 2.43. The zero-order chi connectivity index (χ0) is 30.4. The summed E-state index contributed by atoms with van der Waals surface area (Å²) in [4.78, 5) is 22.7. The quantitative estimate of drug-likeness (QED) is 0.0806. The van der Waals surface area contributed by atoms with Crippen LogP contribution in [0.15, 0.2) is 78.8 Å². The molecule has 0 radical (unpaired) electrons. The zero-order valence-corrected chi connectivity index (χ0v) is 23.0. The van der Waals surface area contributed by atoms with Gasteiger partial charge in [0.15, 0.2) is 16.1 Å². The number of hydrogen-bond acceptors (Lipinski definition) is 14. The largest absolute Gasteiger partial charge is 0.462 e. The molecule has 0 heterocycles. The topological polar surface area (TPSA) is 254 Å². The summed E-state index contributed by atoms with van der Waals surface area (Å²) in [5, 5.41) is 24.6. The van der Waals surface area contributed by atoms with Gasteiger partial charge in [0.1, 0.15) is 22.0 Å². The molecule has 0 amide bonds. The summed E-state index contributed by atoms with van der Waals surface area (Å²) >= 11 is 0. The summed E-state index contributed by atoms with van der Waals surface area (Å²) in [7, 11) is -8.88. The van der Waals surface area contributed by atoms with E-state index < -0.39 is 54.6 Å². The maximum atomic E-state index is 12.4. The molecule has 15 nitrogen and oxygen atoms in total. The number of aldehydes is 1. The monoisotopic (exact) mass is 604 g/mol. The average Bonchev–Trinajstić information content (AvgIpc) is 2.92. The van der Waals surface area contributed by atoms with Crippen LogP contribution in [0.1, 0.15) is 27.6 Å². The van der Waals surface area contributed by atoms with Crippen LogP contribution in [0, 0.1) is 0 Å². The number of hydrogen-bond donors (Lipinski definition) is 4. The summed E-state index contributed by atoms with van der Waals surface area (Å²) in [5.41, 5.74) is 10.0. The number of esters is 1. The maximum absolute atomic E-state index is 12.4. The summed E-state index contributed by atoms with van der Waals surface area (Å²) < 4.78 is 63.5. The van der Waals surface area contributed by atoms with Crippen LogP contribution in [0.5, 0.6) is 0 Å². The van der Waals surface area contributed by atoms with Gasteiger partial charge < -0.3 is 21.3 Å². The molecular formula is C24H24N6O9S2. The molecular weight excluding hydrogens is 580 g/mol. The zero-order valence-electron chi connectivity index (χ0n) is 21.3. The third-order valence-electron chi connectivity index (χ3n) is 5.37. The number of ether oxygens (including phenoxy) is 1. The van der Waals surface area contributed by atoms with Crippen molar-refractivity contribution in [1.82, 2.24) is 0 Å². The number of anilines is 2. The third kappa shape index (κ3) is 7.14. The van der Waals surface area contributed by atoms with E-state index in [0.717, 1.165) is 24.3 Å². The standard InChI is InChI=1S/C24H24N6O9S2/c1-2-39-24(33)16-5-3-4-6-17(16)27-29-19-12-20(41(36,37)38)22(26)23(21(19)25)30-28-18-11-15(8-7-14(18)13-32)40(34,35)10-9-31/h3-8,11-13,31H,2,9-10,25-26H2,1H3,(H,36,37,38). The van der Waals surface area contributed by atoms with Crippen molar-refractivity contribution < 1.29 is 40.8 Å². The van der Waals surface area contributed by atoms with Crippen molar-refractivity contribution in [3.8, 4) is 0 Å². The highest BCUT2D eigenvalue weighted by atomic mass is 32.2. The van der Waals surface area contributed by atoms with Crippen molar-refractivity contribution in [1.29, 1.82) is 0 Å². The Kier molecular flexibility index (Phi) is 9.61. The van der Waals surface area contributed by atoms with E-state index in [4.69, 9.17) is 21.3 Å². The van der Waals surface area contributed by atoms with Crippen molar-refractivity contribution in [2.24, 2.45) is 20.5 Å². The van der Waals surface area contributed by atoms with E-state index in [1.165, 1.54) is 12.1 Å². The minimum atomic E-state index is -4.95. The van der Waals surface area contributed by atoms with Gasteiger partial charge in [-0.2, -0.15) is 8.42 Å². The van der Waals surface area contributed by atoms with Crippen LogP contribution >= 0.6 is 0 Å². The first-order valence-corrected chi connectivity index (χ1v) is 14.6. The maximum Gasteiger partial charge on any atom is 0.340 e. The number of aliphatic hydroxyl groups is 1. The van der Waals surface area contributed by atoms with Crippen molar-refractivity contribution in [2.75, 3.05) is 30.4 Å². The Morgan fingerprint density at radius 1 is 0.927 bits per heavy atom. The van der Waals surface area contributed by atoms with Gasteiger partial charge in [0.05, 0.1) is 46.5 Å². The van der Waals surface area contributed by atoms with Crippen LogP contribution in [0.4, 0.5) is 34.1 Å². The number of carbonyl (C=O) groups is 2. The first kappa shape index (κ1) is 31.0. The van der Waals surface area contributed by atoms with Crippen molar-refractivity contribution >= 4 is 66.3 Å². The molecule has 0 aliphatic carbocycles. The lowest BCUT2D eigenvalue weighted by Crippen LogP contribution is -2.10. The van der Waals surface area contributed by atoms with Gasteiger partial charge in [0, 0.05) is 5.56 Å². The number of rotatable bonds is 11. The Morgan fingerprint density at radius 3 is 2.22 bits per heavy atom. The van der Waals surface area contributed by atoms with Crippen molar-refractivity contribution in [3.63, 3.8) is 0 Å². The van der Waals surface area contributed by atoms with Gasteiger partial charge in [0.25, 0.3) is 10.1 Å². The molecule has 3 aromatic carbocycles. The molecule has 0 saturated heterocycles. The van der Waals surface area contributed by atoms with Crippen LogP contribution < -0.4 is 11.5 Å². The van der Waals surface area contributed by atoms with Gasteiger partial charge in [0.2, 0.25) is 0 Å². The predicted octanol–water partition coefficient (Wildman–Crippen LogP) is 3.68. The number of benzene rings is 3. The molecule has 6 N–H and O–H groups in total. The second kappa shape index (κ2) is 12.7. The molecule has 0 bridgehead atoms. The van der Waals surface area contributed by atoms with Gasteiger partial charge in [-0.15, -0.1) is 20.5 Å². The summed E-state index contributed by atoms with van der Waals surface area (Å²) in [6.07, 6.45) is 0.374. The molecule has 3 rings (SSSR count).